The summed E-state index contributed by atoms with van der Waals surface area (Å²) in [5, 5.41) is 13.8. The molecule has 0 spiro atoms. The summed E-state index contributed by atoms with van der Waals surface area (Å²) in [5.41, 5.74) is 0.733. The maximum absolute atomic E-state index is 10.5. The lowest BCUT2D eigenvalue weighted by molar-refractivity contribution is 0.131. The summed E-state index contributed by atoms with van der Waals surface area (Å²) in [6.07, 6.45) is -0.651. The second kappa shape index (κ2) is 8.09. The molecule has 0 aromatic heterocycles. The molecule has 1 rings (SSSR count). The van der Waals surface area contributed by atoms with Gasteiger partial charge in [-0.2, -0.15) is 0 Å². The first-order valence-corrected chi connectivity index (χ1v) is 6.77. The van der Waals surface area contributed by atoms with Gasteiger partial charge >= 0.3 is 0 Å². The zero-order valence-corrected chi connectivity index (χ0v) is 13.0. The van der Waals surface area contributed by atoms with E-state index in [1.165, 1.54) is 0 Å². The molecule has 5 nitrogen and oxygen atoms in total. The van der Waals surface area contributed by atoms with Gasteiger partial charge in [-0.25, -0.2) is 0 Å². The predicted molar refractivity (Wildman–Crippen MR) is 80.5 cm³/mol. The first-order chi connectivity index (χ1) is 9.49. The number of hydrogen-bond acceptors (Lipinski definition) is 5. The summed E-state index contributed by atoms with van der Waals surface area (Å²) >= 11 is 0. The number of aliphatic hydroxyl groups is 1. The van der Waals surface area contributed by atoms with Crippen molar-refractivity contribution in [2.45, 2.75) is 19.1 Å². The van der Waals surface area contributed by atoms with Crippen LogP contribution in [-0.2, 0) is 0 Å². The Bertz CT molecular complexity index is 410. The van der Waals surface area contributed by atoms with Crippen molar-refractivity contribution in [3.8, 4) is 11.5 Å². The third-order valence-electron chi connectivity index (χ3n) is 3.25. The molecule has 0 heterocycles. The van der Waals surface area contributed by atoms with Crippen molar-refractivity contribution in [3.63, 3.8) is 0 Å². The van der Waals surface area contributed by atoms with Crippen molar-refractivity contribution in [2.24, 2.45) is 0 Å². The number of nitrogens with one attached hydrogen (secondary N) is 1. The molecule has 5 heteroatoms. The molecular weight excluding hydrogens is 256 g/mol. The minimum atomic E-state index is -0.651. The lowest BCUT2D eigenvalue weighted by Gasteiger charge is -2.23. The average Bonchev–Trinajstić information content (AvgIpc) is 2.45. The molecule has 20 heavy (non-hydrogen) atoms. The molecule has 0 saturated heterocycles. The number of aliphatic hydroxyl groups excluding tert-OH is 1. The fourth-order valence-electron chi connectivity index (χ4n) is 1.97. The molecule has 1 aromatic carbocycles. The van der Waals surface area contributed by atoms with E-state index in [1.807, 2.05) is 39.2 Å². The molecule has 0 aliphatic heterocycles. The van der Waals surface area contributed by atoms with Crippen molar-refractivity contribution in [3.05, 3.63) is 23.8 Å². The number of nitrogens with zero attached hydrogens (tertiary/aromatic N) is 1. The van der Waals surface area contributed by atoms with Gasteiger partial charge in [-0.15, -0.1) is 0 Å². The van der Waals surface area contributed by atoms with Gasteiger partial charge in [0.1, 0.15) is 11.5 Å². The van der Waals surface area contributed by atoms with E-state index in [1.54, 1.807) is 14.2 Å². The summed E-state index contributed by atoms with van der Waals surface area (Å²) in [6, 6.07) is 5.37. The largest absolute Gasteiger partial charge is 0.497 e. The van der Waals surface area contributed by atoms with E-state index in [2.05, 4.69) is 10.2 Å². The van der Waals surface area contributed by atoms with Crippen LogP contribution in [-0.4, -0.2) is 57.5 Å². The van der Waals surface area contributed by atoms with Gasteiger partial charge in [0.05, 0.1) is 20.3 Å². The molecule has 0 bridgehead atoms. The van der Waals surface area contributed by atoms with Gasteiger partial charge in [-0.3, -0.25) is 0 Å². The van der Waals surface area contributed by atoms with Crippen molar-refractivity contribution in [1.29, 1.82) is 0 Å². The molecule has 0 saturated carbocycles. The Morgan fingerprint density at radius 1 is 1.25 bits per heavy atom. The summed E-state index contributed by atoms with van der Waals surface area (Å²) < 4.78 is 10.5. The minimum absolute atomic E-state index is 0.0732. The Morgan fingerprint density at radius 2 is 1.95 bits per heavy atom. The van der Waals surface area contributed by atoms with Gasteiger partial charge in [-0.05, 0) is 39.2 Å². The zero-order chi connectivity index (χ0) is 15.1. The van der Waals surface area contributed by atoms with Crippen molar-refractivity contribution in [2.75, 3.05) is 41.4 Å². The van der Waals surface area contributed by atoms with Crippen LogP contribution in [0.1, 0.15) is 18.6 Å². The first-order valence-electron chi connectivity index (χ1n) is 6.77. The topological polar surface area (TPSA) is 54.0 Å². The number of benzene rings is 1. The highest BCUT2D eigenvalue weighted by Gasteiger charge is 2.20. The van der Waals surface area contributed by atoms with Gasteiger partial charge < -0.3 is 24.8 Å². The van der Waals surface area contributed by atoms with Crippen molar-refractivity contribution < 1.29 is 14.6 Å². The van der Waals surface area contributed by atoms with Gasteiger partial charge in [0.15, 0.2) is 0 Å². The van der Waals surface area contributed by atoms with Crippen LogP contribution in [0.2, 0.25) is 0 Å². The highest BCUT2D eigenvalue weighted by atomic mass is 16.5. The van der Waals surface area contributed by atoms with E-state index < -0.39 is 6.10 Å². The highest BCUT2D eigenvalue weighted by Crippen LogP contribution is 2.30. The monoisotopic (exact) mass is 282 g/mol. The Morgan fingerprint density at radius 3 is 2.50 bits per heavy atom. The van der Waals surface area contributed by atoms with Crippen LogP contribution < -0.4 is 14.8 Å². The smallest absolute Gasteiger partial charge is 0.124 e. The summed E-state index contributed by atoms with van der Waals surface area (Å²) in [4.78, 5) is 2.10. The zero-order valence-electron chi connectivity index (χ0n) is 13.0. The maximum atomic E-state index is 10.5. The molecule has 114 valence electrons. The van der Waals surface area contributed by atoms with Crippen LogP contribution in [0.3, 0.4) is 0 Å². The lowest BCUT2D eigenvalue weighted by Crippen LogP contribution is -2.36. The fraction of sp³-hybridized carbons (Fsp3) is 0.600. The summed E-state index contributed by atoms with van der Waals surface area (Å²) in [6.45, 7) is 3.70. The Hall–Kier alpha value is -1.30. The summed E-state index contributed by atoms with van der Waals surface area (Å²) in [5.74, 6) is 1.37. The van der Waals surface area contributed by atoms with E-state index in [0.29, 0.717) is 11.5 Å². The van der Waals surface area contributed by atoms with E-state index in [-0.39, 0.29) is 6.04 Å². The Balaban J connectivity index is 2.76. The van der Waals surface area contributed by atoms with Crippen molar-refractivity contribution >= 4 is 0 Å². The second-order valence-electron chi connectivity index (χ2n) is 5.10. The average molecular weight is 282 g/mol. The Labute approximate surface area is 121 Å². The van der Waals surface area contributed by atoms with Gasteiger partial charge in [0, 0.05) is 24.7 Å². The van der Waals surface area contributed by atoms with E-state index in [0.717, 1.165) is 18.7 Å². The molecule has 2 atom stereocenters. The second-order valence-corrected chi connectivity index (χ2v) is 5.10. The Kier molecular flexibility index (Phi) is 6.78. The lowest BCUT2D eigenvalue weighted by atomic mass is 10.0. The molecule has 0 aliphatic carbocycles. The number of rotatable bonds is 8. The molecule has 2 N–H and O–H groups in total. The molecule has 0 fully saturated rings. The van der Waals surface area contributed by atoms with Crippen LogP contribution in [0.5, 0.6) is 11.5 Å². The third kappa shape index (κ3) is 4.67. The number of methoxy groups -OCH3 is 2. The van der Waals surface area contributed by atoms with Gasteiger partial charge in [0.2, 0.25) is 0 Å². The normalized spacial score (nSPS) is 14.2. The highest BCUT2D eigenvalue weighted by molar-refractivity contribution is 5.42. The van der Waals surface area contributed by atoms with Crippen LogP contribution in [0.4, 0.5) is 0 Å². The molecule has 0 amide bonds. The molecule has 1 aromatic rings. The van der Waals surface area contributed by atoms with Crippen LogP contribution >= 0.6 is 0 Å². The minimum Gasteiger partial charge on any atom is -0.497 e. The maximum Gasteiger partial charge on any atom is 0.124 e. The SMILES string of the molecule is COc1ccc(OC)c(C(O)C(C)NCCN(C)C)c1. The van der Waals surface area contributed by atoms with Crippen LogP contribution in [0.15, 0.2) is 18.2 Å². The predicted octanol–water partition coefficient (Wildman–Crippen LogP) is 1.28. The van der Waals surface area contributed by atoms with Gasteiger partial charge in [-0.1, -0.05) is 0 Å². The number of likely N-dealkylation sites (N-methyl/N-ethyl adjacent to an activating group) is 1. The van der Waals surface area contributed by atoms with Crippen LogP contribution in [0, 0.1) is 0 Å². The van der Waals surface area contributed by atoms with E-state index in [4.69, 9.17) is 9.47 Å². The van der Waals surface area contributed by atoms with E-state index in [9.17, 15) is 5.11 Å². The first kappa shape index (κ1) is 16.8. The molecular formula is C15H26N2O3. The van der Waals surface area contributed by atoms with Gasteiger partial charge in [0.25, 0.3) is 0 Å². The fourth-order valence-corrected chi connectivity index (χ4v) is 1.97. The molecule has 0 aliphatic rings. The quantitative estimate of drug-likeness (QED) is 0.752. The molecule has 2 unspecified atom stereocenters. The number of ether oxygens (including phenoxy) is 2. The third-order valence-corrected chi connectivity index (χ3v) is 3.25. The summed E-state index contributed by atoms with van der Waals surface area (Å²) in [7, 11) is 7.25. The number of hydrogen-bond donors (Lipinski definition) is 2. The van der Waals surface area contributed by atoms with Crippen molar-refractivity contribution in [1.82, 2.24) is 10.2 Å². The van der Waals surface area contributed by atoms with E-state index >= 15 is 0 Å². The standard InChI is InChI=1S/C15H26N2O3/c1-11(16-8-9-17(2)3)15(18)13-10-12(19-4)6-7-14(13)20-5/h6-7,10-11,15-16,18H,8-9H2,1-5H3. The van der Waals surface area contributed by atoms with Crippen LogP contribution in [0.25, 0.3) is 0 Å². The molecule has 0 radical (unpaired) electrons.